The molecule has 1 N–H and O–H groups in total. The maximum absolute atomic E-state index is 8.78. The van der Waals surface area contributed by atoms with E-state index >= 15 is 0 Å². The van der Waals surface area contributed by atoms with Crippen molar-refractivity contribution in [3.05, 3.63) is 22.7 Å². The highest BCUT2D eigenvalue weighted by Crippen LogP contribution is 2.15. The topological polar surface area (TPSA) is 46.0 Å². The molecule has 4 heteroatoms. The lowest BCUT2D eigenvalue weighted by atomic mass is 10.1. The molecule has 1 aromatic heterocycles. The summed E-state index contributed by atoms with van der Waals surface area (Å²) in [7, 11) is 0. The van der Waals surface area contributed by atoms with Crippen LogP contribution in [0.15, 0.2) is 6.07 Å². The molecule has 0 radical (unpaired) electrons. The van der Waals surface area contributed by atoms with Crippen LogP contribution in [-0.2, 0) is 6.61 Å². The molecule has 0 aromatic carbocycles. The lowest BCUT2D eigenvalue weighted by molar-refractivity contribution is 0.270. The van der Waals surface area contributed by atoms with Crippen molar-refractivity contribution in [2.75, 3.05) is 0 Å². The van der Waals surface area contributed by atoms with E-state index in [4.69, 9.17) is 16.7 Å². The Balaban J connectivity index is 3.06. The van der Waals surface area contributed by atoms with Crippen LogP contribution in [0, 0.1) is 0 Å². The highest BCUT2D eigenvalue weighted by molar-refractivity contribution is 6.29. The summed E-state index contributed by atoms with van der Waals surface area (Å²) in [5.74, 6) is 0.682. The van der Waals surface area contributed by atoms with Crippen molar-refractivity contribution in [1.82, 2.24) is 9.97 Å². The van der Waals surface area contributed by atoms with E-state index in [2.05, 4.69) is 9.97 Å². The second kappa shape index (κ2) is 3.83. The number of aromatic nitrogens is 2. The van der Waals surface area contributed by atoms with E-state index in [0.29, 0.717) is 16.9 Å². The number of aliphatic hydroxyl groups excluding tert-OH is 1. The summed E-state index contributed by atoms with van der Waals surface area (Å²) in [5, 5.41) is 9.17. The first kappa shape index (κ1) is 9.42. The lowest BCUT2D eigenvalue weighted by Crippen LogP contribution is -2.00. The number of nitrogens with zero attached hydrogens (tertiary/aromatic N) is 2. The third-order valence-corrected chi connectivity index (χ3v) is 1.69. The molecule has 1 heterocycles. The Morgan fingerprint density at radius 1 is 1.50 bits per heavy atom. The van der Waals surface area contributed by atoms with Crippen molar-refractivity contribution >= 4 is 11.6 Å². The number of hydrogen-bond acceptors (Lipinski definition) is 3. The first-order valence-electron chi connectivity index (χ1n) is 3.77. The molecule has 0 atom stereocenters. The van der Waals surface area contributed by atoms with E-state index < -0.39 is 0 Å². The molecule has 1 aromatic rings. The quantitative estimate of drug-likeness (QED) is 0.716. The number of halogens is 1. The highest BCUT2D eigenvalue weighted by Gasteiger charge is 2.05. The monoisotopic (exact) mass is 186 g/mol. The van der Waals surface area contributed by atoms with Crippen LogP contribution in [0.3, 0.4) is 0 Å². The minimum atomic E-state index is -0.166. The van der Waals surface area contributed by atoms with Gasteiger partial charge in [0.05, 0.1) is 0 Å². The Hall–Kier alpha value is -0.670. The SMILES string of the molecule is CC(C)c1cc(Cl)nc(CO)n1. The van der Waals surface area contributed by atoms with Gasteiger partial charge in [-0.25, -0.2) is 9.97 Å². The zero-order chi connectivity index (χ0) is 9.14. The summed E-state index contributed by atoms with van der Waals surface area (Å²) in [6.45, 7) is 3.86. The van der Waals surface area contributed by atoms with E-state index in [1.54, 1.807) is 6.07 Å². The minimum Gasteiger partial charge on any atom is -0.388 e. The van der Waals surface area contributed by atoms with Gasteiger partial charge in [-0.3, -0.25) is 0 Å². The third-order valence-electron chi connectivity index (χ3n) is 1.49. The predicted octanol–water partition coefficient (Wildman–Crippen LogP) is 1.75. The van der Waals surface area contributed by atoms with Gasteiger partial charge in [0.1, 0.15) is 11.8 Å². The summed E-state index contributed by atoms with van der Waals surface area (Å²) in [5.41, 5.74) is 0.860. The molecule has 0 bridgehead atoms. The zero-order valence-electron chi connectivity index (χ0n) is 7.08. The molecule has 0 aliphatic carbocycles. The smallest absolute Gasteiger partial charge is 0.155 e. The van der Waals surface area contributed by atoms with Gasteiger partial charge in [0.15, 0.2) is 5.82 Å². The highest BCUT2D eigenvalue weighted by atomic mass is 35.5. The molecule has 0 aliphatic rings. The zero-order valence-corrected chi connectivity index (χ0v) is 7.84. The fourth-order valence-electron chi connectivity index (χ4n) is 0.850. The van der Waals surface area contributed by atoms with Crippen LogP contribution in [0.25, 0.3) is 0 Å². The van der Waals surface area contributed by atoms with Crippen molar-refractivity contribution in [3.63, 3.8) is 0 Å². The Labute approximate surface area is 76.4 Å². The van der Waals surface area contributed by atoms with Crippen LogP contribution in [0.2, 0.25) is 5.15 Å². The van der Waals surface area contributed by atoms with Gasteiger partial charge in [-0.15, -0.1) is 0 Å². The second-order valence-electron chi connectivity index (χ2n) is 2.84. The van der Waals surface area contributed by atoms with Gasteiger partial charge in [-0.05, 0) is 12.0 Å². The average molecular weight is 187 g/mol. The van der Waals surface area contributed by atoms with Gasteiger partial charge in [0.2, 0.25) is 0 Å². The minimum absolute atomic E-state index is 0.166. The lowest BCUT2D eigenvalue weighted by Gasteiger charge is -2.05. The maximum Gasteiger partial charge on any atom is 0.155 e. The molecular weight excluding hydrogens is 176 g/mol. The molecule has 12 heavy (non-hydrogen) atoms. The van der Waals surface area contributed by atoms with E-state index in [1.807, 2.05) is 13.8 Å². The number of hydrogen-bond donors (Lipinski definition) is 1. The molecule has 0 unspecified atom stereocenters. The summed E-state index contributed by atoms with van der Waals surface area (Å²) in [6, 6.07) is 1.71. The molecule has 66 valence electrons. The fraction of sp³-hybridized carbons (Fsp3) is 0.500. The van der Waals surface area contributed by atoms with E-state index in [-0.39, 0.29) is 6.61 Å². The van der Waals surface area contributed by atoms with Gasteiger partial charge in [-0.2, -0.15) is 0 Å². The van der Waals surface area contributed by atoms with E-state index in [0.717, 1.165) is 5.69 Å². The molecule has 0 saturated heterocycles. The molecule has 0 fully saturated rings. The van der Waals surface area contributed by atoms with Gasteiger partial charge in [0, 0.05) is 5.69 Å². The normalized spacial score (nSPS) is 10.8. The number of aliphatic hydroxyl groups is 1. The van der Waals surface area contributed by atoms with Crippen LogP contribution in [0.1, 0.15) is 31.3 Å². The van der Waals surface area contributed by atoms with Crippen LogP contribution >= 0.6 is 11.6 Å². The average Bonchev–Trinajstić information content (AvgIpc) is 2.03. The summed E-state index contributed by atoms with van der Waals surface area (Å²) >= 11 is 5.71. The van der Waals surface area contributed by atoms with Gasteiger partial charge in [0.25, 0.3) is 0 Å². The Bertz CT molecular complexity index is 276. The molecule has 0 amide bonds. The van der Waals surface area contributed by atoms with Crippen LogP contribution in [0.5, 0.6) is 0 Å². The standard InChI is InChI=1S/C8H11ClN2O/c1-5(2)6-3-7(9)11-8(4-12)10-6/h3,5,12H,4H2,1-2H3. The van der Waals surface area contributed by atoms with E-state index in [9.17, 15) is 0 Å². The predicted molar refractivity (Wildman–Crippen MR) is 47.1 cm³/mol. The maximum atomic E-state index is 8.78. The van der Waals surface area contributed by atoms with Crippen molar-refractivity contribution in [3.8, 4) is 0 Å². The largest absolute Gasteiger partial charge is 0.388 e. The summed E-state index contributed by atoms with van der Waals surface area (Å²) in [6.07, 6.45) is 0. The fourth-order valence-corrected chi connectivity index (χ4v) is 1.06. The van der Waals surface area contributed by atoms with Crippen LogP contribution < -0.4 is 0 Å². The summed E-state index contributed by atoms with van der Waals surface area (Å²) < 4.78 is 0. The van der Waals surface area contributed by atoms with Gasteiger partial charge >= 0.3 is 0 Å². The second-order valence-corrected chi connectivity index (χ2v) is 3.23. The molecule has 0 spiro atoms. The van der Waals surface area contributed by atoms with Crippen LogP contribution in [0.4, 0.5) is 0 Å². The summed E-state index contributed by atoms with van der Waals surface area (Å²) in [4.78, 5) is 7.95. The van der Waals surface area contributed by atoms with E-state index in [1.165, 1.54) is 0 Å². The van der Waals surface area contributed by atoms with Crippen molar-refractivity contribution < 1.29 is 5.11 Å². The molecule has 3 nitrogen and oxygen atoms in total. The Morgan fingerprint density at radius 3 is 2.67 bits per heavy atom. The molecule has 1 rings (SSSR count). The Morgan fingerprint density at radius 2 is 2.17 bits per heavy atom. The number of rotatable bonds is 2. The molecule has 0 saturated carbocycles. The van der Waals surface area contributed by atoms with Gasteiger partial charge in [-0.1, -0.05) is 25.4 Å². The van der Waals surface area contributed by atoms with Crippen LogP contribution in [-0.4, -0.2) is 15.1 Å². The molecular formula is C8H11ClN2O. The first-order chi connectivity index (χ1) is 5.63. The Kier molecular flexibility index (Phi) is 3.00. The first-order valence-corrected chi connectivity index (χ1v) is 4.15. The third kappa shape index (κ3) is 2.16. The van der Waals surface area contributed by atoms with Gasteiger partial charge < -0.3 is 5.11 Å². The molecule has 0 aliphatic heterocycles. The van der Waals surface area contributed by atoms with Crippen molar-refractivity contribution in [2.45, 2.75) is 26.4 Å². The van der Waals surface area contributed by atoms with Crippen molar-refractivity contribution in [1.29, 1.82) is 0 Å². The van der Waals surface area contributed by atoms with Crippen molar-refractivity contribution in [2.24, 2.45) is 0 Å².